The molecule has 2 rings (SSSR count). The average Bonchev–Trinajstić information content (AvgIpc) is 2.29. The van der Waals surface area contributed by atoms with Crippen LogP contribution in [0, 0.1) is 5.39 Å². The number of phenols is 1. The second kappa shape index (κ2) is 3.51. The molecule has 2 N–H and O–H groups in total. The van der Waals surface area contributed by atoms with Gasteiger partial charge in [0.2, 0.25) is 11.1 Å². The van der Waals surface area contributed by atoms with E-state index in [9.17, 15) is 9.90 Å². The Balaban J connectivity index is 2.97. The van der Waals surface area contributed by atoms with E-state index in [1.165, 1.54) is 0 Å². The van der Waals surface area contributed by atoms with Crippen LogP contribution in [0.4, 0.5) is 5.69 Å². The van der Waals surface area contributed by atoms with Crippen LogP contribution in [0.15, 0.2) is 30.3 Å². The highest BCUT2D eigenvalue weighted by Crippen LogP contribution is 2.36. The van der Waals surface area contributed by atoms with Crippen LogP contribution in [0.2, 0.25) is 0 Å². The predicted molar refractivity (Wildman–Crippen MR) is 57.3 cm³/mol. The van der Waals surface area contributed by atoms with Crippen molar-refractivity contribution in [1.82, 2.24) is 0 Å². The molecular weight excluding hydrogens is 208 g/mol. The molecule has 0 heterocycles. The van der Waals surface area contributed by atoms with Gasteiger partial charge in [0.25, 0.3) is 0 Å². The maximum Gasteiger partial charge on any atom is 0.427 e. The van der Waals surface area contributed by atoms with Crippen LogP contribution < -0.4 is 0 Å². The maximum absolute atomic E-state index is 11.0. The SMILES string of the molecule is N#[N+]c1cc(C(=O)O)c2ccccc2c1O. The van der Waals surface area contributed by atoms with Gasteiger partial charge in [-0.1, -0.05) is 24.3 Å². The summed E-state index contributed by atoms with van der Waals surface area (Å²) in [6, 6.07) is 7.60. The lowest BCUT2D eigenvalue weighted by molar-refractivity contribution is 0.0699. The molecule has 0 fully saturated rings. The van der Waals surface area contributed by atoms with Gasteiger partial charge in [0, 0.05) is 10.8 Å². The number of nitrogens with zero attached hydrogens (tertiary/aromatic N) is 2. The Morgan fingerprint density at radius 3 is 2.44 bits per heavy atom. The van der Waals surface area contributed by atoms with Crippen molar-refractivity contribution < 1.29 is 15.0 Å². The molecule has 0 aliphatic carbocycles. The van der Waals surface area contributed by atoms with Crippen molar-refractivity contribution in [3.05, 3.63) is 40.9 Å². The first-order chi connectivity index (χ1) is 7.65. The Morgan fingerprint density at radius 2 is 1.88 bits per heavy atom. The van der Waals surface area contributed by atoms with E-state index in [2.05, 4.69) is 4.98 Å². The minimum Gasteiger partial charge on any atom is -0.501 e. The predicted octanol–water partition coefficient (Wildman–Crippen LogP) is 2.73. The highest BCUT2D eigenvalue weighted by Gasteiger charge is 2.22. The van der Waals surface area contributed by atoms with Crippen LogP contribution in [-0.2, 0) is 0 Å². The van der Waals surface area contributed by atoms with Crippen molar-refractivity contribution in [2.24, 2.45) is 0 Å². The average molecular weight is 215 g/mol. The minimum atomic E-state index is -1.14. The lowest BCUT2D eigenvalue weighted by Gasteiger charge is -2.01. The fourth-order valence-corrected chi connectivity index (χ4v) is 1.60. The van der Waals surface area contributed by atoms with Crippen molar-refractivity contribution in [2.75, 3.05) is 0 Å². The number of diazo groups is 1. The second-order valence-electron chi connectivity index (χ2n) is 3.24. The normalized spacial score (nSPS) is 9.94. The Hall–Kier alpha value is -2.61. The van der Waals surface area contributed by atoms with Crippen molar-refractivity contribution in [2.45, 2.75) is 0 Å². The van der Waals surface area contributed by atoms with E-state index >= 15 is 0 Å². The van der Waals surface area contributed by atoms with E-state index in [0.29, 0.717) is 10.8 Å². The summed E-state index contributed by atoms with van der Waals surface area (Å²) in [5.74, 6) is -1.37. The zero-order chi connectivity index (χ0) is 11.7. The van der Waals surface area contributed by atoms with E-state index in [0.717, 1.165) is 6.07 Å². The topological polar surface area (TPSA) is 85.7 Å². The van der Waals surface area contributed by atoms with Crippen LogP contribution in [0.1, 0.15) is 10.4 Å². The number of carboxylic acids is 1. The lowest BCUT2D eigenvalue weighted by Crippen LogP contribution is -1.97. The van der Waals surface area contributed by atoms with Crippen LogP contribution in [0.5, 0.6) is 5.75 Å². The lowest BCUT2D eigenvalue weighted by atomic mass is 10.0. The number of benzene rings is 2. The molecular formula is C11H7N2O3+. The zero-order valence-electron chi connectivity index (χ0n) is 8.08. The van der Waals surface area contributed by atoms with Crippen LogP contribution in [-0.4, -0.2) is 16.2 Å². The molecule has 0 unspecified atom stereocenters. The van der Waals surface area contributed by atoms with Gasteiger partial charge in [0.15, 0.2) is 4.98 Å². The number of fused-ring (bicyclic) bond motifs is 1. The molecule has 2 aromatic rings. The van der Waals surface area contributed by atoms with Crippen LogP contribution >= 0.6 is 0 Å². The number of rotatable bonds is 1. The number of aromatic carboxylic acids is 1. The molecule has 0 aliphatic heterocycles. The molecule has 0 aliphatic rings. The molecule has 0 bridgehead atoms. The number of carboxylic acid groups (broad SMARTS) is 1. The number of aromatic hydroxyl groups is 1. The summed E-state index contributed by atoms with van der Waals surface area (Å²) in [5, 5.41) is 28.1. The molecule has 0 saturated carbocycles. The molecule has 0 amide bonds. The van der Waals surface area contributed by atoms with Gasteiger partial charge in [0.05, 0.1) is 11.6 Å². The van der Waals surface area contributed by atoms with Crippen molar-refractivity contribution in [3.8, 4) is 5.75 Å². The molecule has 0 atom stereocenters. The van der Waals surface area contributed by atoms with Gasteiger partial charge in [-0.25, -0.2) is 4.79 Å². The fraction of sp³-hybridized carbons (Fsp3) is 0. The molecule has 2 aromatic carbocycles. The van der Waals surface area contributed by atoms with Gasteiger partial charge >= 0.3 is 11.7 Å². The first-order valence-corrected chi connectivity index (χ1v) is 4.48. The Kier molecular flexibility index (Phi) is 2.18. The highest BCUT2D eigenvalue weighted by atomic mass is 16.4. The summed E-state index contributed by atoms with van der Waals surface area (Å²) in [6.07, 6.45) is 0. The van der Waals surface area contributed by atoms with E-state index in [1.54, 1.807) is 24.3 Å². The van der Waals surface area contributed by atoms with Crippen molar-refractivity contribution >= 4 is 22.4 Å². The monoisotopic (exact) mass is 215 g/mol. The van der Waals surface area contributed by atoms with Gasteiger partial charge < -0.3 is 10.2 Å². The standard InChI is InChI=1S/C11H6N2O3/c12-13-9-5-8(11(15)16)6-3-1-2-4-7(6)10(9)14/h1-5H,(H-,14,15,16)/p+1. The zero-order valence-corrected chi connectivity index (χ0v) is 8.08. The van der Waals surface area contributed by atoms with Gasteiger partial charge in [-0.15, -0.1) is 0 Å². The summed E-state index contributed by atoms with van der Waals surface area (Å²) in [4.78, 5) is 13.8. The van der Waals surface area contributed by atoms with Gasteiger partial charge in [0.1, 0.15) is 0 Å². The largest absolute Gasteiger partial charge is 0.501 e. The summed E-state index contributed by atoms with van der Waals surface area (Å²) < 4.78 is 0. The second-order valence-corrected chi connectivity index (χ2v) is 3.24. The van der Waals surface area contributed by atoms with E-state index in [-0.39, 0.29) is 17.0 Å². The number of carbonyl (C=O) groups is 1. The van der Waals surface area contributed by atoms with Gasteiger partial charge in [-0.05, 0) is 0 Å². The third-order valence-electron chi connectivity index (χ3n) is 2.33. The summed E-state index contributed by atoms with van der Waals surface area (Å²) in [6.45, 7) is 0. The summed E-state index contributed by atoms with van der Waals surface area (Å²) >= 11 is 0. The minimum absolute atomic E-state index is 0.0128. The first kappa shape index (κ1) is 9.93. The third-order valence-corrected chi connectivity index (χ3v) is 2.33. The van der Waals surface area contributed by atoms with Crippen molar-refractivity contribution in [1.29, 1.82) is 5.39 Å². The van der Waals surface area contributed by atoms with E-state index < -0.39 is 5.97 Å². The highest BCUT2D eigenvalue weighted by molar-refractivity contribution is 6.08. The van der Waals surface area contributed by atoms with Crippen LogP contribution in [0.25, 0.3) is 15.7 Å². The Bertz CT molecular complexity index is 629. The number of hydrogen-bond acceptors (Lipinski definition) is 3. The van der Waals surface area contributed by atoms with Crippen LogP contribution in [0.3, 0.4) is 0 Å². The molecule has 5 nitrogen and oxygen atoms in total. The summed E-state index contributed by atoms with van der Waals surface area (Å²) in [5.41, 5.74) is -0.169. The third kappa shape index (κ3) is 1.33. The molecule has 0 saturated heterocycles. The quantitative estimate of drug-likeness (QED) is 0.716. The molecule has 0 aromatic heterocycles. The number of phenolic OH excluding ortho intramolecular Hbond substituents is 1. The van der Waals surface area contributed by atoms with Crippen molar-refractivity contribution in [3.63, 3.8) is 0 Å². The van der Waals surface area contributed by atoms with E-state index in [4.69, 9.17) is 10.5 Å². The van der Waals surface area contributed by atoms with Gasteiger partial charge in [-0.2, -0.15) is 0 Å². The fourth-order valence-electron chi connectivity index (χ4n) is 1.60. The molecule has 16 heavy (non-hydrogen) atoms. The molecule has 0 spiro atoms. The smallest absolute Gasteiger partial charge is 0.427 e. The number of hydrogen-bond donors (Lipinski definition) is 2. The maximum atomic E-state index is 11.0. The first-order valence-electron chi connectivity index (χ1n) is 4.48. The summed E-state index contributed by atoms with van der Waals surface area (Å²) in [7, 11) is 0. The van der Waals surface area contributed by atoms with Gasteiger partial charge in [-0.3, -0.25) is 0 Å². The molecule has 78 valence electrons. The Labute approximate surface area is 90.2 Å². The molecule has 5 heteroatoms. The Morgan fingerprint density at radius 1 is 1.25 bits per heavy atom. The van der Waals surface area contributed by atoms with E-state index in [1.807, 2.05) is 0 Å². The molecule has 0 radical (unpaired) electrons.